The molecule has 170 valence electrons. The lowest BCUT2D eigenvalue weighted by Gasteiger charge is -2.24. The molecule has 0 radical (unpaired) electrons. The summed E-state index contributed by atoms with van der Waals surface area (Å²) in [6.07, 6.45) is 1.84. The third kappa shape index (κ3) is 6.18. The van der Waals surface area contributed by atoms with E-state index in [0.29, 0.717) is 29.4 Å². The van der Waals surface area contributed by atoms with Gasteiger partial charge in [0.15, 0.2) is 0 Å². The first-order chi connectivity index (χ1) is 16.0. The van der Waals surface area contributed by atoms with Crippen molar-refractivity contribution in [1.82, 2.24) is 10.2 Å². The van der Waals surface area contributed by atoms with Crippen LogP contribution in [0, 0.1) is 6.92 Å². The second kappa shape index (κ2) is 10.9. The molecule has 0 aliphatic carbocycles. The Morgan fingerprint density at radius 3 is 2.36 bits per heavy atom. The van der Waals surface area contributed by atoms with Gasteiger partial charge in [-0.3, -0.25) is 9.59 Å². The van der Waals surface area contributed by atoms with E-state index in [4.69, 9.17) is 11.6 Å². The molecule has 1 atom stereocenters. The molecule has 0 saturated carbocycles. The predicted molar refractivity (Wildman–Crippen MR) is 135 cm³/mol. The van der Waals surface area contributed by atoms with Gasteiger partial charge in [0.05, 0.1) is 5.75 Å². The molecule has 4 nitrogen and oxygen atoms in total. The Morgan fingerprint density at radius 1 is 1.00 bits per heavy atom. The monoisotopic (exact) mass is 478 g/mol. The largest absolute Gasteiger partial charge is 0.352 e. The van der Waals surface area contributed by atoms with Gasteiger partial charge >= 0.3 is 0 Å². The highest BCUT2D eigenvalue weighted by Crippen LogP contribution is 2.39. The van der Waals surface area contributed by atoms with E-state index in [2.05, 4.69) is 36.5 Å². The molecule has 3 aromatic rings. The first kappa shape index (κ1) is 23.4. The molecule has 1 aliphatic rings. The Kier molecular flexibility index (Phi) is 7.73. The number of hydrogen-bond donors (Lipinski definition) is 1. The highest BCUT2D eigenvalue weighted by atomic mass is 35.5. The van der Waals surface area contributed by atoms with Crippen LogP contribution in [0.25, 0.3) is 0 Å². The zero-order valence-electron chi connectivity index (χ0n) is 18.6. The van der Waals surface area contributed by atoms with Crippen LogP contribution in [0.4, 0.5) is 0 Å². The topological polar surface area (TPSA) is 49.4 Å². The molecular formula is C27H27ClN2O2S. The molecular weight excluding hydrogens is 452 g/mol. The highest BCUT2D eigenvalue weighted by Gasteiger charge is 2.32. The molecule has 33 heavy (non-hydrogen) atoms. The zero-order valence-corrected chi connectivity index (χ0v) is 20.2. The van der Waals surface area contributed by atoms with Crippen LogP contribution in [0.2, 0.25) is 5.02 Å². The number of benzene rings is 3. The number of nitrogens with zero attached hydrogens (tertiary/aromatic N) is 1. The van der Waals surface area contributed by atoms with Crippen molar-refractivity contribution in [3.63, 3.8) is 0 Å². The maximum atomic E-state index is 12.5. The predicted octanol–water partition coefficient (Wildman–Crippen LogP) is 5.79. The van der Waals surface area contributed by atoms with Crippen LogP contribution in [0.15, 0.2) is 72.8 Å². The van der Waals surface area contributed by atoms with Gasteiger partial charge in [-0.2, -0.15) is 0 Å². The molecule has 0 bridgehead atoms. The second-order valence-electron chi connectivity index (χ2n) is 8.28. The van der Waals surface area contributed by atoms with E-state index >= 15 is 0 Å². The molecule has 0 aromatic heterocycles. The Bertz CT molecular complexity index is 1100. The van der Waals surface area contributed by atoms with Gasteiger partial charge in [0.2, 0.25) is 5.91 Å². The molecule has 6 heteroatoms. The third-order valence-electron chi connectivity index (χ3n) is 5.74. The maximum absolute atomic E-state index is 12.5. The van der Waals surface area contributed by atoms with Crippen molar-refractivity contribution in [1.29, 1.82) is 0 Å². The van der Waals surface area contributed by atoms with Gasteiger partial charge in [-0.1, -0.05) is 65.7 Å². The number of halogens is 1. The summed E-state index contributed by atoms with van der Waals surface area (Å²) in [7, 11) is 0. The number of amides is 2. The van der Waals surface area contributed by atoms with Crippen LogP contribution in [-0.4, -0.2) is 29.0 Å². The normalized spacial score (nSPS) is 15.6. The maximum Gasteiger partial charge on any atom is 0.251 e. The lowest BCUT2D eigenvalue weighted by Crippen LogP contribution is -2.28. The molecule has 0 spiro atoms. The van der Waals surface area contributed by atoms with Crippen LogP contribution < -0.4 is 5.32 Å². The van der Waals surface area contributed by atoms with E-state index in [0.717, 1.165) is 24.0 Å². The van der Waals surface area contributed by atoms with Crippen LogP contribution in [0.1, 0.15) is 44.4 Å². The van der Waals surface area contributed by atoms with Crippen LogP contribution in [0.5, 0.6) is 0 Å². The number of aryl methyl sites for hydroxylation is 2. The molecule has 3 aromatic carbocycles. The van der Waals surface area contributed by atoms with Gasteiger partial charge in [-0.25, -0.2) is 0 Å². The standard InChI is InChI=1S/C27H27ClN2O2S/c1-19-4-6-20(7-5-19)3-2-16-29-26(32)22-10-12-23(13-11-22)27-30(25(31)18-33-27)17-21-8-14-24(28)15-9-21/h4-15,27H,2-3,16-18H2,1H3,(H,29,32). The van der Waals surface area contributed by atoms with Gasteiger partial charge in [0, 0.05) is 23.7 Å². The summed E-state index contributed by atoms with van der Waals surface area (Å²) < 4.78 is 0. The summed E-state index contributed by atoms with van der Waals surface area (Å²) >= 11 is 7.59. The average molecular weight is 479 g/mol. The Hall–Kier alpha value is -2.76. The third-order valence-corrected chi connectivity index (χ3v) is 7.25. The molecule has 1 aliphatic heterocycles. The molecule has 4 rings (SSSR count). The Labute approximate surface area is 204 Å². The Morgan fingerprint density at radius 2 is 1.67 bits per heavy atom. The number of carbonyl (C=O) groups excluding carboxylic acids is 2. The number of thioether (sulfide) groups is 1. The van der Waals surface area contributed by atoms with Crippen molar-refractivity contribution >= 4 is 35.2 Å². The summed E-state index contributed by atoms with van der Waals surface area (Å²) in [4.78, 5) is 26.9. The molecule has 1 saturated heterocycles. The summed E-state index contributed by atoms with van der Waals surface area (Å²) in [5.41, 5.74) is 5.24. The van der Waals surface area contributed by atoms with E-state index in [1.807, 2.05) is 53.4 Å². The quantitative estimate of drug-likeness (QED) is 0.417. The van der Waals surface area contributed by atoms with Crippen molar-refractivity contribution in [2.45, 2.75) is 31.7 Å². The van der Waals surface area contributed by atoms with Crippen molar-refractivity contribution in [2.75, 3.05) is 12.3 Å². The van der Waals surface area contributed by atoms with Crippen molar-refractivity contribution in [2.24, 2.45) is 0 Å². The van der Waals surface area contributed by atoms with Crippen molar-refractivity contribution in [3.05, 3.63) is 106 Å². The zero-order chi connectivity index (χ0) is 23.2. The summed E-state index contributed by atoms with van der Waals surface area (Å²) in [6, 6.07) is 23.7. The molecule has 1 unspecified atom stereocenters. The smallest absolute Gasteiger partial charge is 0.251 e. The van der Waals surface area contributed by atoms with Gasteiger partial charge in [0.25, 0.3) is 5.91 Å². The lowest BCUT2D eigenvalue weighted by molar-refractivity contribution is -0.128. The summed E-state index contributed by atoms with van der Waals surface area (Å²) in [5, 5.41) is 3.63. The van der Waals surface area contributed by atoms with Crippen molar-refractivity contribution < 1.29 is 9.59 Å². The summed E-state index contributed by atoms with van der Waals surface area (Å²) in [6.45, 7) is 3.25. The van der Waals surface area contributed by atoms with Crippen LogP contribution >= 0.6 is 23.4 Å². The highest BCUT2D eigenvalue weighted by molar-refractivity contribution is 8.00. The van der Waals surface area contributed by atoms with E-state index in [1.165, 1.54) is 11.1 Å². The van der Waals surface area contributed by atoms with E-state index in [-0.39, 0.29) is 17.2 Å². The lowest BCUT2D eigenvalue weighted by atomic mass is 10.1. The molecule has 1 N–H and O–H groups in total. The first-order valence-electron chi connectivity index (χ1n) is 11.1. The second-order valence-corrected chi connectivity index (χ2v) is 9.78. The number of nitrogens with one attached hydrogen (secondary N) is 1. The summed E-state index contributed by atoms with van der Waals surface area (Å²) in [5.74, 6) is 0.510. The van der Waals surface area contributed by atoms with Crippen LogP contribution in [0.3, 0.4) is 0 Å². The fraction of sp³-hybridized carbons (Fsp3) is 0.259. The molecule has 1 fully saturated rings. The average Bonchev–Trinajstić information content (AvgIpc) is 3.19. The van der Waals surface area contributed by atoms with E-state index in [9.17, 15) is 9.59 Å². The molecule has 2 amide bonds. The van der Waals surface area contributed by atoms with Crippen molar-refractivity contribution in [3.8, 4) is 0 Å². The number of carbonyl (C=O) groups is 2. The fourth-order valence-electron chi connectivity index (χ4n) is 3.84. The van der Waals surface area contributed by atoms with Crippen LogP contribution in [-0.2, 0) is 17.8 Å². The minimum absolute atomic E-state index is 0.0557. The minimum Gasteiger partial charge on any atom is -0.352 e. The van der Waals surface area contributed by atoms with E-state index in [1.54, 1.807) is 11.8 Å². The first-order valence-corrected chi connectivity index (χ1v) is 12.5. The fourth-order valence-corrected chi connectivity index (χ4v) is 5.15. The van der Waals surface area contributed by atoms with Gasteiger partial charge in [0.1, 0.15) is 5.37 Å². The molecule has 1 heterocycles. The number of hydrogen-bond acceptors (Lipinski definition) is 3. The van der Waals surface area contributed by atoms with E-state index < -0.39 is 0 Å². The Balaban J connectivity index is 1.31. The number of rotatable bonds is 8. The van der Waals surface area contributed by atoms with Gasteiger partial charge < -0.3 is 10.2 Å². The SMILES string of the molecule is Cc1ccc(CCCNC(=O)c2ccc(C3SCC(=O)N3Cc3ccc(Cl)cc3)cc2)cc1. The van der Waals surface area contributed by atoms with Gasteiger partial charge in [-0.05, 0) is 60.7 Å². The minimum atomic E-state index is -0.0707. The van der Waals surface area contributed by atoms with Gasteiger partial charge in [-0.15, -0.1) is 11.8 Å².